The largest absolute Gasteiger partial charge is 0.391 e. The number of aliphatic hydroxyl groups excluding tert-OH is 1. The average molecular weight is 240 g/mol. The third-order valence-corrected chi connectivity index (χ3v) is 4.44. The smallest absolute Gasteiger partial charge is 0.185 e. The summed E-state index contributed by atoms with van der Waals surface area (Å²) in [5.74, 6) is 0. The Bertz CT molecular complexity index is 319. The molecule has 90 valence electrons. The standard InChI is InChI=1S/C12H20N2OS/c1-14(10-6-4-2-3-5-7-10)12-13-8-11(9-15)16-12/h8,10,15H,2-7,9H2,1H3. The van der Waals surface area contributed by atoms with Gasteiger partial charge in [0.1, 0.15) is 0 Å². The Hall–Kier alpha value is -0.610. The van der Waals surface area contributed by atoms with Crippen LogP contribution in [0.5, 0.6) is 0 Å². The van der Waals surface area contributed by atoms with Crippen LogP contribution in [-0.2, 0) is 6.61 Å². The van der Waals surface area contributed by atoms with E-state index in [1.807, 2.05) is 0 Å². The molecule has 0 aromatic carbocycles. The van der Waals surface area contributed by atoms with Crippen LogP contribution in [0.15, 0.2) is 6.20 Å². The number of rotatable bonds is 3. The van der Waals surface area contributed by atoms with Crippen molar-refractivity contribution in [2.24, 2.45) is 0 Å². The van der Waals surface area contributed by atoms with E-state index in [9.17, 15) is 0 Å². The Morgan fingerprint density at radius 2 is 2.06 bits per heavy atom. The van der Waals surface area contributed by atoms with Crippen molar-refractivity contribution in [1.29, 1.82) is 0 Å². The first kappa shape index (κ1) is 11.9. The van der Waals surface area contributed by atoms with Gasteiger partial charge in [-0.25, -0.2) is 4.98 Å². The zero-order valence-corrected chi connectivity index (χ0v) is 10.7. The highest BCUT2D eigenvalue weighted by Crippen LogP contribution is 2.28. The third kappa shape index (κ3) is 2.74. The van der Waals surface area contributed by atoms with Crippen molar-refractivity contribution in [3.63, 3.8) is 0 Å². The van der Waals surface area contributed by atoms with Gasteiger partial charge >= 0.3 is 0 Å². The molecule has 0 unspecified atom stereocenters. The van der Waals surface area contributed by atoms with E-state index in [0.29, 0.717) is 6.04 Å². The van der Waals surface area contributed by atoms with Gasteiger partial charge in [0, 0.05) is 19.3 Å². The number of nitrogens with zero attached hydrogens (tertiary/aromatic N) is 2. The van der Waals surface area contributed by atoms with E-state index in [0.717, 1.165) is 10.0 Å². The Labute approximate surface area is 101 Å². The van der Waals surface area contributed by atoms with Crippen LogP contribution in [0.1, 0.15) is 43.4 Å². The summed E-state index contributed by atoms with van der Waals surface area (Å²) in [6, 6.07) is 0.639. The normalized spacial score (nSPS) is 18.4. The van der Waals surface area contributed by atoms with Gasteiger partial charge in [-0.3, -0.25) is 0 Å². The van der Waals surface area contributed by atoms with Crippen LogP contribution in [0.3, 0.4) is 0 Å². The van der Waals surface area contributed by atoms with Crippen molar-refractivity contribution in [3.8, 4) is 0 Å². The predicted octanol–water partition coefficient (Wildman–Crippen LogP) is 2.79. The lowest BCUT2D eigenvalue weighted by Gasteiger charge is -2.26. The predicted molar refractivity (Wildman–Crippen MR) is 67.9 cm³/mol. The molecule has 0 aliphatic heterocycles. The van der Waals surface area contributed by atoms with Crippen molar-refractivity contribution in [3.05, 3.63) is 11.1 Å². The summed E-state index contributed by atoms with van der Waals surface area (Å²) in [5, 5.41) is 10.1. The molecule has 1 N–H and O–H groups in total. The molecule has 2 rings (SSSR count). The van der Waals surface area contributed by atoms with Gasteiger partial charge in [-0.05, 0) is 12.8 Å². The molecular weight excluding hydrogens is 220 g/mol. The number of thiazole rings is 1. The highest BCUT2D eigenvalue weighted by molar-refractivity contribution is 7.15. The van der Waals surface area contributed by atoms with E-state index in [2.05, 4.69) is 16.9 Å². The summed E-state index contributed by atoms with van der Waals surface area (Å²) in [7, 11) is 2.13. The maximum absolute atomic E-state index is 9.04. The number of aromatic nitrogens is 1. The molecule has 1 aromatic rings. The van der Waals surface area contributed by atoms with E-state index in [1.54, 1.807) is 17.5 Å². The number of hydrogen-bond donors (Lipinski definition) is 1. The van der Waals surface area contributed by atoms with Crippen molar-refractivity contribution in [2.75, 3.05) is 11.9 Å². The van der Waals surface area contributed by atoms with Crippen LogP contribution in [0, 0.1) is 0 Å². The molecular formula is C12H20N2OS. The molecule has 1 aromatic heterocycles. The maximum Gasteiger partial charge on any atom is 0.185 e. The molecule has 0 saturated heterocycles. The summed E-state index contributed by atoms with van der Waals surface area (Å²) in [6.45, 7) is 0.107. The van der Waals surface area contributed by atoms with Gasteiger partial charge in [0.15, 0.2) is 5.13 Å². The average Bonchev–Trinajstić information content (AvgIpc) is 2.62. The molecule has 1 saturated carbocycles. The number of hydrogen-bond acceptors (Lipinski definition) is 4. The Kier molecular flexibility index (Phi) is 4.18. The lowest BCUT2D eigenvalue weighted by atomic mass is 10.1. The molecule has 0 amide bonds. The Morgan fingerprint density at radius 3 is 2.62 bits per heavy atom. The highest BCUT2D eigenvalue weighted by atomic mass is 32.1. The lowest BCUT2D eigenvalue weighted by Crippen LogP contribution is -2.30. The van der Waals surface area contributed by atoms with E-state index in [-0.39, 0.29) is 6.61 Å². The van der Waals surface area contributed by atoms with Gasteiger partial charge in [0.2, 0.25) is 0 Å². The first-order valence-electron chi connectivity index (χ1n) is 6.09. The van der Waals surface area contributed by atoms with Crippen LogP contribution >= 0.6 is 11.3 Å². The van der Waals surface area contributed by atoms with Crippen LogP contribution in [0.25, 0.3) is 0 Å². The van der Waals surface area contributed by atoms with Gasteiger partial charge in [-0.2, -0.15) is 0 Å². The first-order chi connectivity index (χ1) is 7.81. The minimum Gasteiger partial charge on any atom is -0.391 e. The lowest BCUT2D eigenvalue weighted by molar-refractivity contribution is 0.285. The van der Waals surface area contributed by atoms with Gasteiger partial charge in [0.05, 0.1) is 11.5 Å². The molecule has 0 bridgehead atoms. The van der Waals surface area contributed by atoms with Gasteiger partial charge in [-0.15, -0.1) is 0 Å². The van der Waals surface area contributed by atoms with E-state index in [1.165, 1.54) is 38.5 Å². The molecule has 16 heavy (non-hydrogen) atoms. The molecule has 1 heterocycles. The van der Waals surface area contributed by atoms with Crippen LogP contribution in [-0.4, -0.2) is 23.2 Å². The van der Waals surface area contributed by atoms with Crippen LogP contribution < -0.4 is 4.90 Å². The number of aliphatic hydroxyl groups is 1. The third-order valence-electron chi connectivity index (χ3n) is 3.37. The van der Waals surface area contributed by atoms with Crippen molar-refractivity contribution < 1.29 is 5.11 Å². The monoisotopic (exact) mass is 240 g/mol. The van der Waals surface area contributed by atoms with Crippen LogP contribution in [0.2, 0.25) is 0 Å². The molecule has 3 nitrogen and oxygen atoms in total. The van der Waals surface area contributed by atoms with Crippen LogP contribution in [0.4, 0.5) is 5.13 Å². The zero-order valence-electron chi connectivity index (χ0n) is 9.85. The van der Waals surface area contributed by atoms with Crippen molar-refractivity contribution in [2.45, 2.75) is 51.2 Å². The fourth-order valence-corrected chi connectivity index (χ4v) is 3.14. The molecule has 1 aliphatic carbocycles. The SMILES string of the molecule is CN(c1ncc(CO)s1)C1CCCCCC1. The minimum absolute atomic E-state index is 0.107. The molecule has 0 atom stereocenters. The second-order valence-corrected chi connectivity index (χ2v) is 5.62. The summed E-state index contributed by atoms with van der Waals surface area (Å²) >= 11 is 1.61. The minimum atomic E-state index is 0.107. The number of anilines is 1. The Morgan fingerprint density at radius 1 is 1.38 bits per heavy atom. The molecule has 0 radical (unpaired) electrons. The maximum atomic E-state index is 9.04. The summed E-state index contributed by atoms with van der Waals surface area (Å²) in [4.78, 5) is 7.63. The highest BCUT2D eigenvalue weighted by Gasteiger charge is 2.19. The van der Waals surface area contributed by atoms with E-state index < -0.39 is 0 Å². The van der Waals surface area contributed by atoms with E-state index in [4.69, 9.17) is 5.11 Å². The van der Waals surface area contributed by atoms with Gasteiger partial charge < -0.3 is 10.0 Å². The van der Waals surface area contributed by atoms with Gasteiger partial charge in [-0.1, -0.05) is 37.0 Å². The molecule has 0 spiro atoms. The quantitative estimate of drug-likeness (QED) is 0.825. The summed E-state index contributed by atoms with van der Waals surface area (Å²) < 4.78 is 0. The summed E-state index contributed by atoms with van der Waals surface area (Å²) in [6.07, 6.45) is 9.79. The van der Waals surface area contributed by atoms with Crippen molar-refractivity contribution >= 4 is 16.5 Å². The summed E-state index contributed by atoms with van der Waals surface area (Å²) in [5.41, 5.74) is 0. The topological polar surface area (TPSA) is 36.4 Å². The molecule has 1 fully saturated rings. The second kappa shape index (κ2) is 5.64. The zero-order chi connectivity index (χ0) is 11.4. The molecule has 4 heteroatoms. The van der Waals surface area contributed by atoms with E-state index >= 15 is 0 Å². The fraction of sp³-hybridized carbons (Fsp3) is 0.750. The molecule has 1 aliphatic rings. The van der Waals surface area contributed by atoms with Gasteiger partial charge in [0.25, 0.3) is 0 Å². The first-order valence-corrected chi connectivity index (χ1v) is 6.91. The Balaban J connectivity index is 2.01. The van der Waals surface area contributed by atoms with Crippen molar-refractivity contribution in [1.82, 2.24) is 4.98 Å². The second-order valence-electron chi connectivity index (χ2n) is 4.52. The fourth-order valence-electron chi connectivity index (χ4n) is 2.33.